The molecule has 2 aromatic carbocycles. The van der Waals surface area contributed by atoms with Gasteiger partial charge >= 0.3 is 0 Å². The van der Waals surface area contributed by atoms with E-state index in [1.807, 2.05) is 18.2 Å². The van der Waals surface area contributed by atoms with Gasteiger partial charge in [0.05, 0.1) is 20.3 Å². The molecular weight excluding hydrogens is 464 g/mol. The van der Waals surface area contributed by atoms with Crippen LogP contribution in [0.4, 0.5) is 5.69 Å². The first-order chi connectivity index (χ1) is 15.1. The Labute approximate surface area is 188 Å². The summed E-state index contributed by atoms with van der Waals surface area (Å²) in [5, 5.41) is 3.74. The molecule has 1 aromatic heterocycles. The van der Waals surface area contributed by atoms with Crippen molar-refractivity contribution in [2.75, 3.05) is 27.4 Å². The first-order valence-electron chi connectivity index (χ1n) is 9.97. The van der Waals surface area contributed by atoms with Crippen molar-refractivity contribution >= 4 is 38.5 Å². The maximum atomic E-state index is 13.0. The summed E-state index contributed by atoms with van der Waals surface area (Å²) in [6.07, 6.45) is 1.99. The average molecular weight is 487 g/mol. The molecule has 1 unspecified atom stereocenters. The number of halogens is 1. The molecule has 162 valence electrons. The molecule has 1 N–H and O–H groups in total. The fourth-order valence-corrected chi connectivity index (χ4v) is 3.82. The zero-order valence-electron chi connectivity index (χ0n) is 17.3. The van der Waals surface area contributed by atoms with Crippen LogP contribution < -0.4 is 20.3 Å². The lowest BCUT2D eigenvalue weighted by Gasteiger charge is -2.11. The van der Waals surface area contributed by atoms with Gasteiger partial charge in [-0.05, 0) is 49.2 Å². The fourth-order valence-electron chi connectivity index (χ4n) is 3.44. The van der Waals surface area contributed by atoms with Crippen LogP contribution in [-0.4, -0.2) is 39.4 Å². The first-order valence-corrected chi connectivity index (χ1v) is 10.8. The third-order valence-corrected chi connectivity index (χ3v) is 5.57. The summed E-state index contributed by atoms with van der Waals surface area (Å²) in [5.41, 5.74) is 1.67. The van der Waals surface area contributed by atoms with Crippen LogP contribution in [0.5, 0.6) is 11.5 Å². The molecule has 0 aliphatic carbocycles. The minimum Gasteiger partial charge on any atom is -0.497 e. The number of fused-ring (bicyclic) bond motifs is 1. The molecule has 0 saturated carbocycles. The molecule has 0 spiro atoms. The van der Waals surface area contributed by atoms with Crippen LogP contribution in [-0.2, 0) is 4.74 Å². The van der Waals surface area contributed by atoms with Crippen LogP contribution in [0.1, 0.15) is 23.2 Å². The van der Waals surface area contributed by atoms with Crippen LogP contribution in [0.25, 0.3) is 11.0 Å². The van der Waals surface area contributed by atoms with Crippen molar-refractivity contribution in [1.82, 2.24) is 5.32 Å². The number of carbonyl (C=O) groups is 1. The fraction of sp³-hybridized carbons (Fsp3) is 0.304. The van der Waals surface area contributed by atoms with Crippen molar-refractivity contribution in [3.05, 3.63) is 58.1 Å². The second-order valence-corrected chi connectivity index (χ2v) is 8.06. The molecule has 1 atom stereocenters. The molecule has 1 aliphatic heterocycles. The third-order valence-electron chi connectivity index (χ3n) is 5.08. The molecule has 8 heteroatoms. The summed E-state index contributed by atoms with van der Waals surface area (Å²) in [6, 6.07) is 12.6. The number of nitrogens with zero attached hydrogens (tertiary/aromatic N) is 1. The summed E-state index contributed by atoms with van der Waals surface area (Å²) < 4.78 is 23.2. The molecule has 4 rings (SSSR count). The van der Waals surface area contributed by atoms with Crippen molar-refractivity contribution in [2.24, 2.45) is 4.99 Å². The van der Waals surface area contributed by atoms with E-state index in [1.54, 1.807) is 38.5 Å². The number of ether oxygens (including phenoxy) is 3. The second-order valence-electron chi connectivity index (χ2n) is 7.14. The Morgan fingerprint density at radius 3 is 2.81 bits per heavy atom. The lowest BCUT2D eigenvalue weighted by atomic mass is 10.1. The van der Waals surface area contributed by atoms with E-state index in [4.69, 9.17) is 18.6 Å². The minimum atomic E-state index is -0.271. The van der Waals surface area contributed by atoms with E-state index in [2.05, 4.69) is 26.2 Å². The van der Waals surface area contributed by atoms with Gasteiger partial charge in [0.15, 0.2) is 0 Å². The molecule has 31 heavy (non-hydrogen) atoms. The number of benzene rings is 2. The summed E-state index contributed by atoms with van der Waals surface area (Å²) in [7, 11) is 3.14. The van der Waals surface area contributed by atoms with Gasteiger partial charge in [-0.1, -0.05) is 15.9 Å². The van der Waals surface area contributed by atoms with Crippen molar-refractivity contribution < 1.29 is 23.4 Å². The van der Waals surface area contributed by atoms with E-state index in [-0.39, 0.29) is 17.6 Å². The van der Waals surface area contributed by atoms with Crippen molar-refractivity contribution in [2.45, 2.75) is 18.9 Å². The standard InChI is InChI=1S/C23H23BrN2O5/c1-28-16-6-7-19(21(12-16)29-2)26-23-18(22(27)25-13-17-4-3-9-30-17)11-14-10-15(24)5-8-20(14)31-23/h5-8,10-12,17H,3-4,9,13H2,1-2H3,(H,25,27). The monoisotopic (exact) mass is 486 g/mol. The van der Waals surface area contributed by atoms with Gasteiger partial charge in [-0.25, -0.2) is 4.99 Å². The predicted molar refractivity (Wildman–Crippen MR) is 120 cm³/mol. The van der Waals surface area contributed by atoms with Gasteiger partial charge in [0, 0.05) is 29.1 Å². The SMILES string of the molecule is COc1ccc(N=c2oc3ccc(Br)cc3cc2C(=O)NCC2CCCO2)c(OC)c1. The number of rotatable bonds is 6. The number of amides is 1. The van der Waals surface area contributed by atoms with Gasteiger partial charge in [0.25, 0.3) is 5.91 Å². The second kappa shape index (κ2) is 9.53. The normalized spacial score (nSPS) is 16.5. The van der Waals surface area contributed by atoms with Crippen LogP contribution in [0.15, 0.2) is 56.3 Å². The molecule has 1 aliphatic rings. The average Bonchev–Trinajstić information content (AvgIpc) is 3.31. The van der Waals surface area contributed by atoms with Crippen LogP contribution in [0.3, 0.4) is 0 Å². The highest BCUT2D eigenvalue weighted by molar-refractivity contribution is 9.10. The summed E-state index contributed by atoms with van der Waals surface area (Å²) >= 11 is 3.46. The molecule has 1 saturated heterocycles. The number of nitrogens with one attached hydrogen (secondary N) is 1. The van der Waals surface area contributed by atoms with Crippen molar-refractivity contribution in [3.63, 3.8) is 0 Å². The first kappa shape index (κ1) is 21.4. The van der Waals surface area contributed by atoms with Gasteiger partial charge in [0.2, 0.25) is 5.55 Å². The highest BCUT2D eigenvalue weighted by Crippen LogP contribution is 2.31. The Morgan fingerprint density at radius 2 is 2.06 bits per heavy atom. The number of methoxy groups -OCH3 is 2. The van der Waals surface area contributed by atoms with Crippen LogP contribution in [0, 0.1) is 0 Å². The van der Waals surface area contributed by atoms with E-state index < -0.39 is 0 Å². The van der Waals surface area contributed by atoms with Crippen LogP contribution >= 0.6 is 15.9 Å². The Hall–Kier alpha value is -2.84. The molecule has 7 nitrogen and oxygen atoms in total. The van der Waals surface area contributed by atoms with E-state index in [0.29, 0.717) is 34.9 Å². The Bertz CT molecular complexity index is 1170. The molecule has 2 heterocycles. The van der Waals surface area contributed by atoms with Crippen molar-refractivity contribution in [3.8, 4) is 11.5 Å². The largest absolute Gasteiger partial charge is 0.497 e. The van der Waals surface area contributed by atoms with E-state index >= 15 is 0 Å². The van der Waals surface area contributed by atoms with Gasteiger partial charge in [-0.15, -0.1) is 0 Å². The number of hydrogen-bond acceptors (Lipinski definition) is 6. The van der Waals surface area contributed by atoms with Gasteiger partial charge in [0.1, 0.15) is 28.3 Å². The van der Waals surface area contributed by atoms with Crippen LogP contribution in [0.2, 0.25) is 0 Å². The lowest BCUT2D eigenvalue weighted by Crippen LogP contribution is -2.34. The third kappa shape index (κ3) is 4.91. The Morgan fingerprint density at radius 1 is 1.19 bits per heavy atom. The minimum absolute atomic E-state index is 0.0394. The molecular formula is C23H23BrN2O5. The van der Waals surface area contributed by atoms with Crippen molar-refractivity contribution in [1.29, 1.82) is 0 Å². The molecule has 1 fully saturated rings. The van der Waals surface area contributed by atoms with Gasteiger partial charge < -0.3 is 23.9 Å². The highest BCUT2D eigenvalue weighted by Gasteiger charge is 2.19. The lowest BCUT2D eigenvalue weighted by molar-refractivity contribution is 0.0854. The van der Waals surface area contributed by atoms with Gasteiger partial charge in [-0.2, -0.15) is 0 Å². The summed E-state index contributed by atoms with van der Waals surface area (Å²) in [4.78, 5) is 17.7. The number of hydrogen-bond donors (Lipinski definition) is 1. The highest BCUT2D eigenvalue weighted by atomic mass is 79.9. The maximum Gasteiger partial charge on any atom is 0.256 e. The van der Waals surface area contributed by atoms with Gasteiger partial charge in [-0.3, -0.25) is 4.79 Å². The molecule has 1 amide bonds. The molecule has 3 aromatic rings. The molecule has 0 bridgehead atoms. The smallest absolute Gasteiger partial charge is 0.256 e. The summed E-state index contributed by atoms with van der Waals surface area (Å²) in [5.74, 6) is 0.883. The maximum absolute atomic E-state index is 13.0. The number of carbonyl (C=O) groups excluding carboxylic acids is 1. The zero-order chi connectivity index (χ0) is 21.8. The quantitative estimate of drug-likeness (QED) is 0.559. The Balaban J connectivity index is 1.78. The van der Waals surface area contributed by atoms with E-state index in [0.717, 1.165) is 29.3 Å². The zero-order valence-corrected chi connectivity index (χ0v) is 18.9. The summed E-state index contributed by atoms with van der Waals surface area (Å²) in [6.45, 7) is 1.18. The van der Waals surface area contributed by atoms with E-state index in [9.17, 15) is 4.79 Å². The molecule has 0 radical (unpaired) electrons. The topological polar surface area (TPSA) is 82.3 Å². The predicted octanol–water partition coefficient (Wildman–Crippen LogP) is 4.35. The van der Waals surface area contributed by atoms with E-state index in [1.165, 1.54) is 0 Å². The Kier molecular flexibility index (Phi) is 6.58.